The molecule has 0 bridgehead atoms. The first kappa shape index (κ1) is 9.67. The lowest BCUT2D eigenvalue weighted by molar-refractivity contribution is -0.123. The highest BCUT2D eigenvalue weighted by Crippen LogP contribution is 2.53. The van der Waals surface area contributed by atoms with Crippen molar-refractivity contribution in [3.63, 3.8) is 0 Å². The van der Waals surface area contributed by atoms with E-state index >= 15 is 0 Å². The molecule has 0 radical (unpaired) electrons. The lowest BCUT2D eigenvalue weighted by atomic mass is 9.65. The van der Waals surface area contributed by atoms with Crippen molar-refractivity contribution in [1.29, 1.82) is 0 Å². The first-order chi connectivity index (χ1) is 7.13. The Morgan fingerprint density at radius 1 is 1.40 bits per heavy atom. The second-order valence-corrected chi connectivity index (χ2v) is 5.49. The quantitative estimate of drug-likeness (QED) is 0.777. The molecule has 0 atom stereocenters. The van der Waals surface area contributed by atoms with Gasteiger partial charge in [-0.15, -0.1) is 0 Å². The van der Waals surface area contributed by atoms with E-state index in [2.05, 4.69) is 21.2 Å². The summed E-state index contributed by atoms with van der Waals surface area (Å²) in [5.74, 6) is 0.131. The third-order valence-corrected chi connectivity index (χ3v) is 4.29. The zero-order valence-electron chi connectivity index (χ0n) is 7.94. The number of fused-ring (bicyclic) bond motifs is 2. The third-order valence-electron chi connectivity index (χ3n) is 3.45. The summed E-state index contributed by atoms with van der Waals surface area (Å²) >= 11 is 9.45. The van der Waals surface area contributed by atoms with E-state index < -0.39 is 0 Å². The molecule has 1 fully saturated rings. The molecule has 1 spiro atoms. The van der Waals surface area contributed by atoms with E-state index in [0.29, 0.717) is 5.02 Å². The molecule has 1 saturated carbocycles. The van der Waals surface area contributed by atoms with Gasteiger partial charge < -0.3 is 5.32 Å². The first-order valence-electron chi connectivity index (χ1n) is 4.94. The van der Waals surface area contributed by atoms with Crippen molar-refractivity contribution >= 4 is 39.1 Å². The number of nitrogens with one attached hydrogen (secondary N) is 1. The van der Waals surface area contributed by atoms with E-state index in [4.69, 9.17) is 11.6 Å². The van der Waals surface area contributed by atoms with Gasteiger partial charge in [-0.05, 0) is 46.5 Å². The van der Waals surface area contributed by atoms with E-state index in [1.54, 1.807) is 0 Å². The van der Waals surface area contributed by atoms with Crippen LogP contribution in [0.2, 0.25) is 5.02 Å². The molecule has 2 aliphatic rings. The van der Waals surface area contributed by atoms with Gasteiger partial charge in [-0.1, -0.05) is 18.0 Å². The number of benzene rings is 1. The van der Waals surface area contributed by atoms with Gasteiger partial charge in [0.2, 0.25) is 5.91 Å². The maximum Gasteiger partial charge on any atom is 0.235 e. The SMILES string of the molecule is O=C1Nc2c(Br)cc(Cl)cc2C12CCC2. The first-order valence-corrected chi connectivity index (χ1v) is 6.11. The van der Waals surface area contributed by atoms with Crippen LogP contribution < -0.4 is 5.32 Å². The summed E-state index contributed by atoms with van der Waals surface area (Å²) in [5.41, 5.74) is 1.70. The normalized spacial score (nSPS) is 21.1. The number of rotatable bonds is 0. The van der Waals surface area contributed by atoms with E-state index in [1.807, 2.05) is 12.1 Å². The van der Waals surface area contributed by atoms with Crippen molar-refractivity contribution < 1.29 is 4.79 Å². The molecular weight excluding hydrogens is 277 g/mol. The second kappa shape index (κ2) is 2.98. The number of hydrogen-bond acceptors (Lipinski definition) is 1. The Labute approximate surface area is 101 Å². The number of hydrogen-bond donors (Lipinski definition) is 1. The third kappa shape index (κ3) is 1.14. The van der Waals surface area contributed by atoms with Crippen LogP contribution in [0.3, 0.4) is 0 Å². The van der Waals surface area contributed by atoms with Crippen molar-refractivity contribution in [2.24, 2.45) is 0 Å². The Bertz CT molecular complexity index is 468. The van der Waals surface area contributed by atoms with Crippen molar-refractivity contribution in [2.45, 2.75) is 24.7 Å². The molecule has 1 aromatic carbocycles. The summed E-state index contributed by atoms with van der Waals surface area (Å²) in [6, 6.07) is 3.73. The van der Waals surface area contributed by atoms with Crippen LogP contribution in [-0.2, 0) is 10.2 Å². The van der Waals surface area contributed by atoms with Gasteiger partial charge in [0.15, 0.2) is 0 Å². The maximum absolute atomic E-state index is 11.9. The Morgan fingerprint density at radius 3 is 2.73 bits per heavy atom. The van der Waals surface area contributed by atoms with E-state index in [-0.39, 0.29) is 11.3 Å². The molecule has 0 saturated heterocycles. The molecule has 3 rings (SSSR count). The molecule has 15 heavy (non-hydrogen) atoms. The Hall–Kier alpha value is -0.540. The maximum atomic E-state index is 11.9. The Balaban J connectivity index is 2.24. The molecule has 1 aromatic rings. The number of anilines is 1. The minimum Gasteiger partial charge on any atom is -0.324 e. The average Bonchev–Trinajstić information content (AvgIpc) is 2.37. The summed E-state index contributed by atoms with van der Waals surface area (Å²) < 4.78 is 0.877. The van der Waals surface area contributed by atoms with Crippen molar-refractivity contribution in [3.8, 4) is 0 Å². The average molecular weight is 287 g/mol. The molecule has 2 nitrogen and oxygen atoms in total. The van der Waals surface area contributed by atoms with Crippen LogP contribution in [0.4, 0.5) is 5.69 Å². The van der Waals surface area contributed by atoms with Crippen molar-refractivity contribution in [1.82, 2.24) is 0 Å². The van der Waals surface area contributed by atoms with Crippen LogP contribution in [0.5, 0.6) is 0 Å². The highest BCUT2D eigenvalue weighted by molar-refractivity contribution is 9.10. The van der Waals surface area contributed by atoms with E-state index in [0.717, 1.165) is 35.0 Å². The largest absolute Gasteiger partial charge is 0.324 e. The number of carbonyl (C=O) groups is 1. The molecule has 1 aliphatic carbocycles. The summed E-state index contributed by atoms with van der Waals surface area (Å²) in [4.78, 5) is 11.9. The minimum absolute atomic E-state index is 0.131. The van der Waals surface area contributed by atoms with Crippen molar-refractivity contribution in [2.75, 3.05) is 5.32 Å². The topological polar surface area (TPSA) is 29.1 Å². The molecule has 1 heterocycles. The summed E-state index contributed by atoms with van der Waals surface area (Å²) in [6.07, 6.45) is 3.01. The fourth-order valence-electron chi connectivity index (χ4n) is 2.46. The van der Waals surface area contributed by atoms with Crippen molar-refractivity contribution in [3.05, 3.63) is 27.2 Å². The highest BCUT2D eigenvalue weighted by atomic mass is 79.9. The molecule has 78 valence electrons. The Kier molecular flexibility index (Phi) is 1.92. The zero-order valence-corrected chi connectivity index (χ0v) is 10.3. The fourth-order valence-corrected chi connectivity index (χ4v) is 3.37. The van der Waals surface area contributed by atoms with Crippen LogP contribution in [0.1, 0.15) is 24.8 Å². The molecule has 4 heteroatoms. The van der Waals surface area contributed by atoms with Gasteiger partial charge in [-0.2, -0.15) is 0 Å². The lowest BCUT2D eigenvalue weighted by Gasteiger charge is -2.36. The summed E-state index contributed by atoms with van der Waals surface area (Å²) in [5, 5.41) is 3.62. The van der Waals surface area contributed by atoms with Crippen LogP contribution in [0, 0.1) is 0 Å². The van der Waals surface area contributed by atoms with Gasteiger partial charge in [0.1, 0.15) is 0 Å². The van der Waals surface area contributed by atoms with Gasteiger partial charge in [-0.3, -0.25) is 4.79 Å². The van der Waals surface area contributed by atoms with Crippen LogP contribution in [-0.4, -0.2) is 5.91 Å². The molecule has 0 aromatic heterocycles. The lowest BCUT2D eigenvalue weighted by Crippen LogP contribution is -2.40. The van der Waals surface area contributed by atoms with Gasteiger partial charge in [-0.25, -0.2) is 0 Å². The van der Waals surface area contributed by atoms with E-state index in [1.165, 1.54) is 0 Å². The number of carbonyl (C=O) groups excluding carboxylic acids is 1. The predicted octanol–water partition coefficient (Wildman–Crippen LogP) is 3.48. The zero-order chi connectivity index (χ0) is 10.6. The molecule has 0 unspecified atom stereocenters. The second-order valence-electron chi connectivity index (χ2n) is 4.20. The minimum atomic E-state index is -0.275. The van der Waals surface area contributed by atoms with Gasteiger partial charge in [0.05, 0.1) is 11.1 Å². The smallest absolute Gasteiger partial charge is 0.235 e. The van der Waals surface area contributed by atoms with Crippen LogP contribution in [0.15, 0.2) is 16.6 Å². The number of amides is 1. The van der Waals surface area contributed by atoms with E-state index in [9.17, 15) is 4.79 Å². The fraction of sp³-hybridized carbons (Fsp3) is 0.364. The molecule has 1 N–H and O–H groups in total. The summed E-state index contributed by atoms with van der Waals surface area (Å²) in [6.45, 7) is 0. The van der Waals surface area contributed by atoms with Gasteiger partial charge >= 0.3 is 0 Å². The summed E-state index contributed by atoms with van der Waals surface area (Å²) in [7, 11) is 0. The van der Waals surface area contributed by atoms with Gasteiger partial charge in [0.25, 0.3) is 0 Å². The predicted molar refractivity (Wildman–Crippen MR) is 63.3 cm³/mol. The van der Waals surface area contributed by atoms with Gasteiger partial charge in [0, 0.05) is 9.50 Å². The molecular formula is C11H9BrClNO. The van der Waals surface area contributed by atoms with Crippen LogP contribution in [0.25, 0.3) is 0 Å². The standard InChI is InChI=1S/C11H9BrClNO/c12-8-5-6(13)4-7-9(8)14-10(15)11(7)2-1-3-11/h4-5H,1-3H2,(H,14,15). The van der Waals surface area contributed by atoms with Crippen LogP contribution >= 0.6 is 27.5 Å². The molecule has 1 aliphatic heterocycles. The monoisotopic (exact) mass is 285 g/mol. The number of halogens is 2. The Morgan fingerprint density at radius 2 is 2.13 bits per heavy atom. The highest BCUT2D eigenvalue weighted by Gasteiger charge is 2.51. The molecule has 1 amide bonds.